The summed E-state index contributed by atoms with van der Waals surface area (Å²) < 4.78 is 0. The number of amides is 3. The third-order valence-electron chi connectivity index (χ3n) is 3.95. The molecule has 0 radical (unpaired) electrons. The highest BCUT2D eigenvalue weighted by atomic mass is 32.2. The molecule has 3 rings (SSSR count). The highest BCUT2D eigenvalue weighted by Gasteiger charge is 2.34. The van der Waals surface area contributed by atoms with Crippen molar-refractivity contribution in [1.29, 1.82) is 0 Å². The largest absolute Gasteiger partial charge is 0.326 e. The first kappa shape index (κ1) is 19.4. The number of hydrazine groups is 1. The second-order valence-corrected chi connectivity index (χ2v) is 7.04. The van der Waals surface area contributed by atoms with Gasteiger partial charge in [0.15, 0.2) is 0 Å². The van der Waals surface area contributed by atoms with Crippen molar-refractivity contribution in [3.8, 4) is 0 Å². The molecule has 0 spiro atoms. The van der Waals surface area contributed by atoms with Gasteiger partial charge < -0.3 is 5.32 Å². The second-order valence-electron chi connectivity index (χ2n) is 5.98. The molecule has 0 bridgehead atoms. The zero-order valence-electron chi connectivity index (χ0n) is 14.7. The minimum atomic E-state index is -0.499. The number of non-ortho nitro benzene ring substituents is 1. The molecule has 9 nitrogen and oxygen atoms in total. The molecule has 0 saturated carbocycles. The van der Waals surface area contributed by atoms with Crippen molar-refractivity contribution in [2.24, 2.45) is 0 Å². The molecule has 1 heterocycles. The maximum Gasteiger partial charge on any atom is 0.269 e. The van der Waals surface area contributed by atoms with Gasteiger partial charge in [0.1, 0.15) is 5.37 Å². The first-order valence-corrected chi connectivity index (χ1v) is 9.26. The molecule has 1 aliphatic heterocycles. The van der Waals surface area contributed by atoms with Crippen LogP contribution in [-0.2, 0) is 9.59 Å². The van der Waals surface area contributed by atoms with Crippen molar-refractivity contribution in [2.45, 2.75) is 12.3 Å². The third-order valence-corrected chi connectivity index (χ3v) is 5.16. The van der Waals surface area contributed by atoms with Gasteiger partial charge in [0.05, 0.1) is 10.7 Å². The van der Waals surface area contributed by atoms with E-state index in [9.17, 15) is 24.5 Å². The fourth-order valence-corrected chi connectivity index (χ4v) is 3.74. The summed E-state index contributed by atoms with van der Waals surface area (Å²) in [4.78, 5) is 46.1. The monoisotopic (exact) mass is 400 g/mol. The number of hydrogen-bond donors (Lipinski definition) is 2. The van der Waals surface area contributed by atoms with Crippen molar-refractivity contribution >= 4 is 40.9 Å². The summed E-state index contributed by atoms with van der Waals surface area (Å²) >= 11 is 1.32. The van der Waals surface area contributed by atoms with E-state index < -0.39 is 16.2 Å². The standard InChI is InChI=1S/C18H16N4O5S/c1-11(23)19-14-6-2-12(3-7-14)17(25)20-21-16(24)10-28-18(21)13-4-8-15(9-5-13)22(26)27/h2-9,18H,10H2,1H3,(H,19,23)(H,20,25)/t18-/m1/s1. The number of carbonyl (C=O) groups excluding carboxylic acids is 3. The predicted molar refractivity (Wildman–Crippen MR) is 103 cm³/mol. The predicted octanol–water partition coefficient (Wildman–Crippen LogP) is 2.47. The van der Waals surface area contributed by atoms with Crippen LogP contribution in [0, 0.1) is 10.1 Å². The molecule has 2 aromatic rings. The van der Waals surface area contributed by atoms with E-state index in [-0.39, 0.29) is 23.3 Å². The Balaban J connectivity index is 1.73. The normalized spacial score (nSPS) is 16.0. The van der Waals surface area contributed by atoms with Crippen LogP contribution in [0.2, 0.25) is 0 Å². The zero-order chi connectivity index (χ0) is 20.3. The Morgan fingerprint density at radius 1 is 1.14 bits per heavy atom. The van der Waals surface area contributed by atoms with E-state index >= 15 is 0 Å². The van der Waals surface area contributed by atoms with Gasteiger partial charge >= 0.3 is 0 Å². The van der Waals surface area contributed by atoms with E-state index in [4.69, 9.17) is 0 Å². The lowest BCUT2D eigenvalue weighted by Gasteiger charge is -2.24. The molecular formula is C18H16N4O5S. The van der Waals surface area contributed by atoms with E-state index in [0.717, 1.165) is 0 Å². The summed E-state index contributed by atoms with van der Waals surface area (Å²) in [5.41, 5.74) is 4.09. The van der Waals surface area contributed by atoms with Crippen LogP contribution in [0.25, 0.3) is 0 Å². The van der Waals surface area contributed by atoms with Crippen LogP contribution < -0.4 is 10.7 Å². The highest BCUT2D eigenvalue weighted by molar-refractivity contribution is 8.00. The molecule has 1 atom stereocenters. The number of nitro groups is 1. The van der Waals surface area contributed by atoms with Crippen LogP contribution in [0.15, 0.2) is 48.5 Å². The maximum atomic E-state index is 12.5. The highest BCUT2D eigenvalue weighted by Crippen LogP contribution is 2.37. The smallest absolute Gasteiger partial charge is 0.269 e. The van der Waals surface area contributed by atoms with Crippen LogP contribution in [-0.4, -0.2) is 33.4 Å². The Bertz CT molecular complexity index is 930. The minimum absolute atomic E-state index is 0.0482. The van der Waals surface area contributed by atoms with E-state index in [1.54, 1.807) is 24.3 Å². The molecule has 10 heteroatoms. The average molecular weight is 400 g/mol. The lowest BCUT2D eigenvalue weighted by molar-refractivity contribution is -0.384. The van der Waals surface area contributed by atoms with Crippen LogP contribution in [0.3, 0.4) is 0 Å². The van der Waals surface area contributed by atoms with Gasteiger partial charge in [0, 0.05) is 30.3 Å². The summed E-state index contributed by atoms with van der Waals surface area (Å²) in [5, 5.41) is 14.2. The molecule has 144 valence electrons. The molecular weight excluding hydrogens is 384 g/mol. The molecule has 28 heavy (non-hydrogen) atoms. The number of thioether (sulfide) groups is 1. The molecule has 1 fully saturated rings. The van der Waals surface area contributed by atoms with Gasteiger partial charge in [-0.15, -0.1) is 11.8 Å². The van der Waals surface area contributed by atoms with Gasteiger partial charge in [-0.25, -0.2) is 5.01 Å². The fourth-order valence-electron chi connectivity index (χ4n) is 2.63. The van der Waals surface area contributed by atoms with Gasteiger partial charge in [-0.05, 0) is 42.0 Å². The van der Waals surface area contributed by atoms with Gasteiger partial charge in [0.2, 0.25) is 5.91 Å². The van der Waals surface area contributed by atoms with Crippen molar-refractivity contribution < 1.29 is 19.3 Å². The number of carbonyl (C=O) groups is 3. The van der Waals surface area contributed by atoms with E-state index in [2.05, 4.69) is 10.7 Å². The maximum absolute atomic E-state index is 12.5. The van der Waals surface area contributed by atoms with Crippen molar-refractivity contribution in [2.75, 3.05) is 11.1 Å². The van der Waals surface area contributed by atoms with Gasteiger partial charge in [-0.3, -0.25) is 29.9 Å². The summed E-state index contributed by atoms with van der Waals surface area (Å²) in [6.45, 7) is 1.38. The first-order valence-electron chi connectivity index (χ1n) is 8.22. The van der Waals surface area contributed by atoms with E-state index in [1.807, 2.05) is 0 Å². The number of nitro benzene ring substituents is 1. The molecule has 1 aliphatic rings. The third kappa shape index (κ3) is 4.29. The quantitative estimate of drug-likeness (QED) is 0.587. The number of hydrogen-bond acceptors (Lipinski definition) is 6. The van der Waals surface area contributed by atoms with Gasteiger partial charge in [0.25, 0.3) is 17.5 Å². The van der Waals surface area contributed by atoms with Crippen LogP contribution in [0.5, 0.6) is 0 Å². The lowest BCUT2D eigenvalue weighted by Crippen LogP contribution is -2.44. The SMILES string of the molecule is CC(=O)Nc1ccc(C(=O)NN2C(=O)CS[C@@H]2c2ccc([N+](=O)[O-])cc2)cc1. The molecule has 2 aromatic carbocycles. The Hall–Kier alpha value is -3.40. The summed E-state index contributed by atoms with van der Waals surface area (Å²) in [7, 11) is 0. The second kappa shape index (κ2) is 8.09. The number of benzene rings is 2. The first-order chi connectivity index (χ1) is 13.3. The molecule has 2 N–H and O–H groups in total. The summed E-state index contributed by atoms with van der Waals surface area (Å²) in [6.07, 6.45) is 0. The number of rotatable bonds is 5. The Kier molecular flexibility index (Phi) is 5.59. The van der Waals surface area contributed by atoms with Crippen molar-refractivity contribution in [3.63, 3.8) is 0 Å². The van der Waals surface area contributed by atoms with Crippen LogP contribution in [0.1, 0.15) is 28.2 Å². The van der Waals surface area contributed by atoms with E-state index in [1.165, 1.54) is 48.0 Å². The molecule has 0 aromatic heterocycles. The lowest BCUT2D eigenvalue weighted by atomic mass is 10.2. The molecule has 1 saturated heterocycles. The van der Waals surface area contributed by atoms with Crippen LogP contribution in [0.4, 0.5) is 11.4 Å². The Morgan fingerprint density at radius 3 is 2.36 bits per heavy atom. The van der Waals surface area contributed by atoms with Crippen molar-refractivity contribution in [3.05, 3.63) is 69.8 Å². The zero-order valence-corrected chi connectivity index (χ0v) is 15.6. The molecule has 0 aliphatic carbocycles. The number of nitrogens with one attached hydrogen (secondary N) is 2. The molecule has 3 amide bonds. The summed E-state index contributed by atoms with van der Waals surface area (Å²) in [6, 6.07) is 12.1. The number of anilines is 1. The Labute approximate surface area is 164 Å². The number of nitrogens with zero attached hydrogens (tertiary/aromatic N) is 2. The summed E-state index contributed by atoms with van der Waals surface area (Å²) in [5.74, 6) is -0.778. The minimum Gasteiger partial charge on any atom is -0.326 e. The van der Waals surface area contributed by atoms with Gasteiger partial charge in [-0.2, -0.15) is 0 Å². The fraction of sp³-hybridized carbons (Fsp3) is 0.167. The van der Waals surface area contributed by atoms with Crippen LogP contribution >= 0.6 is 11.8 Å². The topological polar surface area (TPSA) is 122 Å². The Morgan fingerprint density at radius 2 is 1.79 bits per heavy atom. The average Bonchev–Trinajstić information content (AvgIpc) is 3.02. The van der Waals surface area contributed by atoms with E-state index in [0.29, 0.717) is 16.8 Å². The van der Waals surface area contributed by atoms with Gasteiger partial charge in [-0.1, -0.05) is 0 Å². The van der Waals surface area contributed by atoms with Crippen molar-refractivity contribution in [1.82, 2.24) is 10.4 Å². The molecule has 0 unspecified atom stereocenters.